The first-order chi connectivity index (χ1) is 8.72. The molecule has 0 aliphatic heterocycles. The third kappa shape index (κ3) is 2.70. The maximum Gasteiger partial charge on any atom is 0.170 e. The molecule has 1 aromatic heterocycles. The zero-order valence-corrected chi connectivity index (χ0v) is 10.5. The van der Waals surface area contributed by atoms with Crippen LogP contribution >= 0.6 is 0 Å². The predicted octanol–water partition coefficient (Wildman–Crippen LogP) is 1.61. The van der Waals surface area contributed by atoms with Crippen LogP contribution in [0.15, 0.2) is 18.2 Å². The van der Waals surface area contributed by atoms with Crippen molar-refractivity contribution in [3.05, 3.63) is 35.4 Å². The minimum atomic E-state index is -0.320. The smallest absolute Gasteiger partial charge is 0.170 e. The molecule has 0 saturated carbocycles. The highest BCUT2D eigenvalue weighted by molar-refractivity contribution is 5.35. The molecule has 1 N–H and O–H groups in total. The maximum atomic E-state index is 13.8. The SMILES string of the molecule is CCCNCc1nnnn1-c1ccc(C)cc1F. The Balaban J connectivity index is 2.25. The van der Waals surface area contributed by atoms with Crippen molar-refractivity contribution in [3.8, 4) is 5.69 Å². The van der Waals surface area contributed by atoms with E-state index in [-0.39, 0.29) is 5.82 Å². The van der Waals surface area contributed by atoms with Crippen molar-refractivity contribution < 1.29 is 4.39 Å². The molecule has 0 amide bonds. The molecule has 0 aliphatic carbocycles. The topological polar surface area (TPSA) is 55.6 Å². The molecule has 0 atom stereocenters. The Morgan fingerprint density at radius 1 is 1.39 bits per heavy atom. The second-order valence-electron chi connectivity index (χ2n) is 4.14. The Labute approximate surface area is 105 Å². The van der Waals surface area contributed by atoms with Gasteiger partial charge in [-0.15, -0.1) is 5.10 Å². The Morgan fingerprint density at radius 2 is 2.22 bits per heavy atom. The van der Waals surface area contributed by atoms with Gasteiger partial charge in [-0.05, 0) is 48.0 Å². The van der Waals surface area contributed by atoms with Crippen LogP contribution in [0, 0.1) is 12.7 Å². The number of tetrazole rings is 1. The summed E-state index contributed by atoms with van der Waals surface area (Å²) in [6.07, 6.45) is 1.03. The number of aryl methyl sites for hydroxylation is 1. The lowest BCUT2D eigenvalue weighted by Crippen LogP contribution is -2.18. The van der Waals surface area contributed by atoms with Crippen LogP contribution in [0.3, 0.4) is 0 Å². The van der Waals surface area contributed by atoms with E-state index in [1.165, 1.54) is 10.7 Å². The summed E-state index contributed by atoms with van der Waals surface area (Å²) >= 11 is 0. The van der Waals surface area contributed by atoms with Gasteiger partial charge in [-0.1, -0.05) is 13.0 Å². The lowest BCUT2D eigenvalue weighted by atomic mass is 10.2. The van der Waals surface area contributed by atoms with Crippen LogP contribution in [0.5, 0.6) is 0 Å². The highest BCUT2D eigenvalue weighted by atomic mass is 19.1. The first-order valence-electron chi connectivity index (χ1n) is 5.97. The third-order valence-electron chi connectivity index (χ3n) is 2.58. The second-order valence-corrected chi connectivity index (χ2v) is 4.14. The number of aromatic nitrogens is 4. The molecule has 0 unspecified atom stereocenters. The average molecular weight is 249 g/mol. The average Bonchev–Trinajstić information content (AvgIpc) is 2.78. The summed E-state index contributed by atoms with van der Waals surface area (Å²) in [5.41, 5.74) is 1.24. The van der Waals surface area contributed by atoms with E-state index in [0.717, 1.165) is 18.5 Å². The van der Waals surface area contributed by atoms with Gasteiger partial charge in [0.1, 0.15) is 11.5 Å². The van der Waals surface area contributed by atoms with Gasteiger partial charge in [-0.3, -0.25) is 0 Å². The number of benzene rings is 1. The maximum absolute atomic E-state index is 13.8. The monoisotopic (exact) mass is 249 g/mol. The summed E-state index contributed by atoms with van der Waals surface area (Å²) in [5.74, 6) is 0.283. The van der Waals surface area contributed by atoms with E-state index in [1.807, 2.05) is 13.0 Å². The molecule has 1 aromatic carbocycles. The number of nitrogens with zero attached hydrogens (tertiary/aromatic N) is 4. The summed E-state index contributed by atoms with van der Waals surface area (Å²) < 4.78 is 15.3. The van der Waals surface area contributed by atoms with Crippen LogP contribution in [0.1, 0.15) is 24.7 Å². The van der Waals surface area contributed by atoms with E-state index >= 15 is 0 Å². The number of hydrogen-bond donors (Lipinski definition) is 1. The quantitative estimate of drug-likeness (QED) is 0.818. The molecule has 0 aliphatic rings. The molecule has 0 radical (unpaired) electrons. The normalized spacial score (nSPS) is 10.8. The largest absolute Gasteiger partial charge is 0.310 e. The second kappa shape index (κ2) is 5.68. The summed E-state index contributed by atoms with van der Waals surface area (Å²) in [6, 6.07) is 4.99. The molecule has 0 spiro atoms. The molecule has 96 valence electrons. The predicted molar refractivity (Wildman–Crippen MR) is 65.8 cm³/mol. The molecule has 18 heavy (non-hydrogen) atoms. The molecule has 0 saturated heterocycles. The Bertz CT molecular complexity index is 523. The van der Waals surface area contributed by atoms with E-state index in [9.17, 15) is 4.39 Å². The van der Waals surface area contributed by atoms with Crippen molar-refractivity contribution in [1.82, 2.24) is 25.5 Å². The zero-order valence-electron chi connectivity index (χ0n) is 10.5. The van der Waals surface area contributed by atoms with Gasteiger partial charge < -0.3 is 5.32 Å². The summed E-state index contributed by atoms with van der Waals surface area (Å²) in [4.78, 5) is 0. The highest BCUT2D eigenvalue weighted by Gasteiger charge is 2.11. The standard InChI is InChI=1S/C12H16FN5/c1-3-6-14-8-12-15-16-17-18(12)11-5-4-9(2)7-10(11)13/h4-5,7,14H,3,6,8H2,1-2H3. The van der Waals surface area contributed by atoms with Gasteiger partial charge in [-0.25, -0.2) is 4.39 Å². The summed E-state index contributed by atoms with van der Waals surface area (Å²) in [7, 11) is 0. The van der Waals surface area contributed by atoms with Crippen LogP contribution in [-0.4, -0.2) is 26.8 Å². The van der Waals surface area contributed by atoms with Gasteiger partial charge in [0.25, 0.3) is 0 Å². The highest BCUT2D eigenvalue weighted by Crippen LogP contribution is 2.14. The van der Waals surface area contributed by atoms with Crippen molar-refractivity contribution in [3.63, 3.8) is 0 Å². The van der Waals surface area contributed by atoms with Crippen LogP contribution in [0.4, 0.5) is 4.39 Å². The van der Waals surface area contributed by atoms with Gasteiger partial charge >= 0.3 is 0 Å². The van der Waals surface area contributed by atoms with E-state index in [2.05, 4.69) is 27.8 Å². The van der Waals surface area contributed by atoms with Crippen molar-refractivity contribution in [2.45, 2.75) is 26.8 Å². The van der Waals surface area contributed by atoms with Gasteiger partial charge in [0.2, 0.25) is 0 Å². The lowest BCUT2D eigenvalue weighted by molar-refractivity contribution is 0.589. The Kier molecular flexibility index (Phi) is 3.99. The summed E-state index contributed by atoms with van der Waals surface area (Å²) in [5, 5.41) is 14.5. The molecule has 2 aromatic rings. The van der Waals surface area contributed by atoms with Gasteiger partial charge in [0, 0.05) is 0 Å². The van der Waals surface area contributed by atoms with Crippen molar-refractivity contribution in [1.29, 1.82) is 0 Å². The van der Waals surface area contributed by atoms with Crippen molar-refractivity contribution >= 4 is 0 Å². The third-order valence-corrected chi connectivity index (χ3v) is 2.58. The molecule has 2 rings (SSSR count). The Morgan fingerprint density at radius 3 is 2.94 bits per heavy atom. The summed E-state index contributed by atoms with van der Waals surface area (Å²) in [6.45, 7) is 5.32. The zero-order chi connectivity index (χ0) is 13.0. The van der Waals surface area contributed by atoms with E-state index < -0.39 is 0 Å². The number of halogens is 1. The van der Waals surface area contributed by atoms with Gasteiger partial charge in [0.05, 0.1) is 6.54 Å². The number of nitrogens with one attached hydrogen (secondary N) is 1. The molecule has 5 nitrogen and oxygen atoms in total. The van der Waals surface area contributed by atoms with Gasteiger partial charge in [-0.2, -0.15) is 4.68 Å². The minimum absolute atomic E-state index is 0.320. The fourth-order valence-corrected chi connectivity index (χ4v) is 1.66. The van der Waals surface area contributed by atoms with Crippen LogP contribution in [0.2, 0.25) is 0 Å². The van der Waals surface area contributed by atoms with Crippen LogP contribution in [-0.2, 0) is 6.54 Å². The number of hydrogen-bond acceptors (Lipinski definition) is 4. The van der Waals surface area contributed by atoms with Crippen LogP contribution in [0.25, 0.3) is 5.69 Å². The van der Waals surface area contributed by atoms with E-state index in [0.29, 0.717) is 18.1 Å². The fourth-order valence-electron chi connectivity index (χ4n) is 1.66. The van der Waals surface area contributed by atoms with E-state index in [1.54, 1.807) is 6.07 Å². The first-order valence-corrected chi connectivity index (χ1v) is 5.97. The molecule has 0 fully saturated rings. The first kappa shape index (κ1) is 12.6. The van der Waals surface area contributed by atoms with Crippen LogP contribution < -0.4 is 5.32 Å². The van der Waals surface area contributed by atoms with Gasteiger partial charge in [0.15, 0.2) is 5.82 Å². The van der Waals surface area contributed by atoms with Crippen molar-refractivity contribution in [2.75, 3.05) is 6.54 Å². The Hall–Kier alpha value is -1.82. The molecule has 1 heterocycles. The van der Waals surface area contributed by atoms with Crippen molar-refractivity contribution in [2.24, 2.45) is 0 Å². The molecule has 6 heteroatoms. The minimum Gasteiger partial charge on any atom is -0.310 e. The van der Waals surface area contributed by atoms with E-state index in [4.69, 9.17) is 0 Å². The molecule has 0 bridgehead atoms. The molecular formula is C12H16FN5. The lowest BCUT2D eigenvalue weighted by Gasteiger charge is -2.07. The fraction of sp³-hybridized carbons (Fsp3) is 0.417. The molecular weight excluding hydrogens is 233 g/mol. The number of rotatable bonds is 5.